The van der Waals surface area contributed by atoms with Crippen molar-refractivity contribution >= 4 is 17.3 Å². The summed E-state index contributed by atoms with van der Waals surface area (Å²) in [6.07, 6.45) is -0.367. The maximum absolute atomic E-state index is 10.8. The molecule has 1 unspecified atom stereocenters. The molecule has 0 aliphatic heterocycles. The summed E-state index contributed by atoms with van der Waals surface area (Å²) in [5.74, 6) is 0.391. The Morgan fingerprint density at radius 3 is 2.69 bits per heavy atom. The van der Waals surface area contributed by atoms with Crippen LogP contribution in [0.25, 0.3) is 0 Å². The molecule has 0 aliphatic carbocycles. The maximum atomic E-state index is 10.8. The Kier molecular flexibility index (Phi) is 4.13. The standard InChI is InChI=1S/C11H16N2O3/c1-7(14)13-9-4-5-11(10(12)6-9)16-8(2)15-3/h4-6,8H,12H2,1-3H3,(H,13,14). The monoisotopic (exact) mass is 224 g/mol. The molecule has 0 aliphatic rings. The van der Waals surface area contributed by atoms with Crippen LogP contribution in [0.3, 0.4) is 0 Å². The first-order chi connectivity index (χ1) is 7.52. The van der Waals surface area contributed by atoms with Gasteiger partial charge in [0.25, 0.3) is 0 Å². The molecule has 0 spiro atoms. The average molecular weight is 224 g/mol. The lowest BCUT2D eigenvalue weighted by molar-refractivity contribution is -0.114. The molecule has 0 bridgehead atoms. The zero-order chi connectivity index (χ0) is 12.1. The Hall–Kier alpha value is -1.75. The smallest absolute Gasteiger partial charge is 0.221 e. The van der Waals surface area contributed by atoms with Crippen LogP contribution in [-0.4, -0.2) is 19.3 Å². The molecule has 5 heteroatoms. The average Bonchev–Trinajstić information content (AvgIpc) is 2.21. The summed E-state index contributed by atoms with van der Waals surface area (Å²) in [6.45, 7) is 3.20. The third-order valence-corrected chi connectivity index (χ3v) is 1.96. The molecule has 0 heterocycles. The Balaban J connectivity index is 2.79. The second-order valence-electron chi connectivity index (χ2n) is 3.35. The molecule has 88 valence electrons. The minimum atomic E-state index is -0.367. The van der Waals surface area contributed by atoms with Crippen LogP contribution in [0.2, 0.25) is 0 Å². The van der Waals surface area contributed by atoms with Crippen LogP contribution in [0, 0.1) is 0 Å². The van der Waals surface area contributed by atoms with Gasteiger partial charge >= 0.3 is 0 Å². The van der Waals surface area contributed by atoms with Crippen molar-refractivity contribution in [1.82, 2.24) is 0 Å². The summed E-state index contributed by atoms with van der Waals surface area (Å²) in [4.78, 5) is 10.8. The second kappa shape index (κ2) is 5.37. The highest BCUT2D eigenvalue weighted by atomic mass is 16.7. The number of nitrogens with two attached hydrogens (primary N) is 1. The van der Waals surface area contributed by atoms with E-state index in [0.29, 0.717) is 17.1 Å². The van der Waals surface area contributed by atoms with E-state index in [9.17, 15) is 4.79 Å². The topological polar surface area (TPSA) is 73.6 Å². The van der Waals surface area contributed by atoms with Crippen LogP contribution >= 0.6 is 0 Å². The minimum absolute atomic E-state index is 0.140. The summed E-state index contributed by atoms with van der Waals surface area (Å²) >= 11 is 0. The van der Waals surface area contributed by atoms with Crippen molar-refractivity contribution < 1.29 is 14.3 Å². The Labute approximate surface area is 94.5 Å². The number of nitrogen functional groups attached to an aromatic ring is 1. The van der Waals surface area contributed by atoms with Crippen molar-refractivity contribution in [1.29, 1.82) is 0 Å². The first-order valence-electron chi connectivity index (χ1n) is 4.89. The number of carbonyl (C=O) groups excluding carboxylic acids is 1. The van der Waals surface area contributed by atoms with Gasteiger partial charge in [0.1, 0.15) is 5.75 Å². The molecule has 1 aromatic rings. The Morgan fingerprint density at radius 2 is 2.19 bits per heavy atom. The number of methoxy groups -OCH3 is 1. The number of hydrogen-bond acceptors (Lipinski definition) is 4. The summed E-state index contributed by atoms with van der Waals surface area (Å²) in [7, 11) is 1.55. The lowest BCUT2D eigenvalue weighted by Gasteiger charge is -2.15. The van der Waals surface area contributed by atoms with Gasteiger partial charge in [-0.3, -0.25) is 4.79 Å². The zero-order valence-corrected chi connectivity index (χ0v) is 9.61. The van der Waals surface area contributed by atoms with Crippen LogP contribution in [0.4, 0.5) is 11.4 Å². The molecular formula is C11H16N2O3. The summed E-state index contributed by atoms with van der Waals surface area (Å²) < 4.78 is 10.4. The fraction of sp³-hybridized carbons (Fsp3) is 0.364. The van der Waals surface area contributed by atoms with Gasteiger partial charge in [-0.25, -0.2) is 0 Å². The Morgan fingerprint density at radius 1 is 1.50 bits per heavy atom. The number of carbonyl (C=O) groups is 1. The van der Waals surface area contributed by atoms with E-state index in [-0.39, 0.29) is 12.2 Å². The third kappa shape index (κ3) is 3.43. The van der Waals surface area contributed by atoms with Crippen molar-refractivity contribution in [3.05, 3.63) is 18.2 Å². The lowest BCUT2D eigenvalue weighted by Crippen LogP contribution is -2.14. The molecule has 0 fully saturated rings. The molecule has 0 radical (unpaired) electrons. The molecule has 0 saturated carbocycles. The molecule has 1 rings (SSSR count). The predicted molar refractivity (Wildman–Crippen MR) is 62.3 cm³/mol. The third-order valence-electron chi connectivity index (χ3n) is 1.96. The van der Waals surface area contributed by atoms with Gasteiger partial charge in [0.2, 0.25) is 5.91 Å². The largest absolute Gasteiger partial charge is 0.463 e. The summed E-state index contributed by atoms with van der Waals surface area (Å²) in [6, 6.07) is 5.05. The number of ether oxygens (including phenoxy) is 2. The van der Waals surface area contributed by atoms with Crippen molar-refractivity contribution in [2.45, 2.75) is 20.1 Å². The molecule has 1 atom stereocenters. The van der Waals surface area contributed by atoms with Crippen molar-refractivity contribution in [2.24, 2.45) is 0 Å². The molecular weight excluding hydrogens is 208 g/mol. The van der Waals surface area contributed by atoms with Gasteiger partial charge in [-0.2, -0.15) is 0 Å². The minimum Gasteiger partial charge on any atom is -0.463 e. The van der Waals surface area contributed by atoms with Crippen molar-refractivity contribution in [3.63, 3.8) is 0 Å². The molecule has 0 saturated heterocycles. The molecule has 5 nitrogen and oxygen atoms in total. The highest BCUT2D eigenvalue weighted by molar-refractivity contribution is 5.89. The first-order valence-corrected chi connectivity index (χ1v) is 4.89. The molecule has 1 aromatic carbocycles. The fourth-order valence-electron chi connectivity index (χ4n) is 1.16. The normalized spacial score (nSPS) is 11.9. The van der Waals surface area contributed by atoms with E-state index in [0.717, 1.165) is 0 Å². The van der Waals surface area contributed by atoms with Crippen LogP contribution in [0.5, 0.6) is 5.75 Å². The summed E-state index contributed by atoms with van der Waals surface area (Å²) in [5, 5.41) is 2.63. The van der Waals surface area contributed by atoms with Gasteiger partial charge in [0.05, 0.1) is 5.69 Å². The van der Waals surface area contributed by atoms with E-state index in [4.69, 9.17) is 15.2 Å². The van der Waals surface area contributed by atoms with Gasteiger partial charge in [-0.15, -0.1) is 0 Å². The molecule has 0 aromatic heterocycles. The number of rotatable bonds is 4. The van der Waals surface area contributed by atoms with Crippen molar-refractivity contribution in [2.75, 3.05) is 18.2 Å². The number of nitrogens with one attached hydrogen (secondary N) is 1. The predicted octanol–water partition coefficient (Wildman–Crippen LogP) is 1.60. The number of anilines is 2. The highest BCUT2D eigenvalue weighted by Gasteiger charge is 2.06. The second-order valence-corrected chi connectivity index (χ2v) is 3.35. The number of benzene rings is 1. The van der Waals surface area contributed by atoms with E-state index in [1.54, 1.807) is 32.2 Å². The Bertz CT molecular complexity index is 379. The SMILES string of the molecule is COC(C)Oc1ccc(NC(C)=O)cc1N. The van der Waals surface area contributed by atoms with Crippen LogP contribution in [-0.2, 0) is 9.53 Å². The van der Waals surface area contributed by atoms with Crippen molar-refractivity contribution in [3.8, 4) is 5.75 Å². The zero-order valence-electron chi connectivity index (χ0n) is 9.61. The maximum Gasteiger partial charge on any atom is 0.221 e. The van der Waals surface area contributed by atoms with Gasteiger partial charge in [-0.1, -0.05) is 0 Å². The quantitative estimate of drug-likeness (QED) is 0.601. The first kappa shape index (κ1) is 12.3. The van der Waals surface area contributed by atoms with E-state index in [1.807, 2.05) is 0 Å². The van der Waals surface area contributed by atoms with Gasteiger partial charge in [0.15, 0.2) is 6.29 Å². The van der Waals surface area contributed by atoms with E-state index in [1.165, 1.54) is 6.92 Å². The summed E-state index contributed by atoms with van der Waals surface area (Å²) in [5.41, 5.74) is 6.86. The van der Waals surface area contributed by atoms with E-state index < -0.39 is 0 Å². The lowest BCUT2D eigenvalue weighted by atomic mass is 10.2. The molecule has 3 N–H and O–H groups in total. The number of amides is 1. The van der Waals surface area contributed by atoms with Gasteiger partial charge in [-0.05, 0) is 25.1 Å². The molecule has 1 amide bonds. The fourth-order valence-corrected chi connectivity index (χ4v) is 1.16. The highest BCUT2D eigenvalue weighted by Crippen LogP contribution is 2.26. The van der Waals surface area contributed by atoms with E-state index >= 15 is 0 Å². The number of hydrogen-bond donors (Lipinski definition) is 2. The van der Waals surface area contributed by atoms with Crippen LogP contribution in [0.1, 0.15) is 13.8 Å². The van der Waals surface area contributed by atoms with E-state index in [2.05, 4.69) is 5.32 Å². The van der Waals surface area contributed by atoms with Crippen LogP contribution < -0.4 is 15.8 Å². The van der Waals surface area contributed by atoms with Gasteiger partial charge < -0.3 is 20.5 Å². The van der Waals surface area contributed by atoms with Gasteiger partial charge in [0, 0.05) is 19.7 Å². The molecule has 16 heavy (non-hydrogen) atoms. The van der Waals surface area contributed by atoms with Crippen LogP contribution in [0.15, 0.2) is 18.2 Å².